The minimum Gasteiger partial charge on any atom is -0.490 e. The van der Waals surface area contributed by atoms with Crippen molar-refractivity contribution in [2.24, 2.45) is 10.2 Å². The molecule has 0 spiro atoms. The van der Waals surface area contributed by atoms with Gasteiger partial charge in [-0.25, -0.2) is 4.98 Å². The first-order valence-corrected chi connectivity index (χ1v) is 9.90. The Labute approximate surface area is 166 Å². The van der Waals surface area contributed by atoms with Crippen LogP contribution in [0.4, 0.5) is 0 Å². The highest BCUT2D eigenvalue weighted by Gasteiger charge is 2.21. The van der Waals surface area contributed by atoms with Crippen LogP contribution in [0, 0.1) is 6.92 Å². The van der Waals surface area contributed by atoms with Crippen molar-refractivity contribution >= 4 is 34.2 Å². The van der Waals surface area contributed by atoms with Gasteiger partial charge in [-0.3, -0.25) is 14.5 Å². The Morgan fingerprint density at radius 1 is 1.21 bits per heavy atom. The molecule has 0 saturated heterocycles. The van der Waals surface area contributed by atoms with Crippen molar-refractivity contribution in [1.29, 1.82) is 0 Å². The summed E-state index contributed by atoms with van der Waals surface area (Å²) in [5, 5.41) is 11.8. The zero-order valence-electron chi connectivity index (χ0n) is 15.5. The van der Waals surface area contributed by atoms with Crippen LogP contribution in [-0.4, -0.2) is 38.5 Å². The summed E-state index contributed by atoms with van der Waals surface area (Å²) < 4.78 is 7.35. The van der Waals surface area contributed by atoms with E-state index < -0.39 is 0 Å². The molecule has 0 fully saturated rings. The van der Waals surface area contributed by atoms with E-state index in [1.165, 1.54) is 11.8 Å². The van der Waals surface area contributed by atoms with E-state index >= 15 is 0 Å². The van der Waals surface area contributed by atoms with Crippen LogP contribution in [0.3, 0.4) is 0 Å². The average Bonchev–Trinajstić information content (AvgIpc) is 3.06. The van der Waals surface area contributed by atoms with Gasteiger partial charge in [-0.2, -0.15) is 5.10 Å². The molecule has 8 heteroatoms. The fourth-order valence-corrected chi connectivity index (χ4v) is 3.75. The number of carbonyl (C=O) groups is 1. The van der Waals surface area contributed by atoms with Gasteiger partial charge in [0.15, 0.2) is 16.6 Å². The summed E-state index contributed by atoms with van der Waals surface area (Å²) in [6, 6.07) is 13.6. The molecule has 142 valence electrons. The van der Waals surface area contributed by atoms with Crippen molar-refractivity contribution in [3.8, 4) is 5.75 Å². The molecular weight excluding hydrogens is 374 g/mol. The van der Waals surface area contributed by atoms with Gasteiger partial charge < -0.3 is 4.74 Å². The van der Waals surface area contributed by atoms with Crippen molar-refractivity contribution in [2.75, 3.05) is 12.4 Å². The standard InChI is InChI=1S/C20H19N5O2S/c1-3-27-16-10-7-11-25-17(13(2)21-18(16)25)19(26)22-20-24-23-15(12-28-20)14-8-5-4-6-9-14/h4-11H,3,12H2,1-2H3,(H,22,24,26). The lowest BCUT2D eigenvalue weighted by molar-refractivity contribution is 0.0971. The van der Waals surface area contributed by atoms with Crippen LogP contribution in [0.2, 0.25) is 0 Å². The topological polar surface area (TPSA) is 80.4 Å². The van der Waals surface area contributed by atoms with Crippen LogP contribution in [0.25, 0.3) is 5.65 Å². The molecule has 0 saturated carbocycles. The molecule has 28 heavy (non-hydrogen) atoms. The lowest BCUT2D eigenvalue weighted by atomic mass is 10.1. The first-order chi connectivity index (χ1) is 13.7. The number of aromatic nitrogens is 2. The molecule has 1 N–H and O–H groups in total. The van der Waals surface area contributed by atoms with Gasteiger partial charge in [0, 0.05) is 11.9 Å². The Bertz CT molecular complexity index is 1090. The zero-order chi connectivity index (χ0) is 19.5. The molecule has 0 aliphatic carbocycles. The monoisotopic (exact) mass is 393 g/mol. The zero-order valence-corrected chi connectivity index (χ0v) is 16.4. The van der Waals surface area contributed by atoms with Crippen molar-refractivity contribution in [1.82, 2.24) is 14.7 Å². The Morgan fingerprint density at radius 2 is 2.04 bits per heavy atom. The van der Waals surface area contributed by atoms with E-state index in [0.717, 1.165) is 11.3 Å². The summed E-state index contributed by atoms with van der Waals surface area (Å²) in [6.45, 7) is 4.25. The maximum atomic E-state index is 12.9. The molecule has 4 rings (SSSR count). The summed E-state index contributed by atoms with van der Waals surface area (Å²) in [5.41, 5.74) is 3.62. The normalized spacial score (nSPS) is 13.8. The lowest BCUT2D eigenvalue weighted by Gasteiger charge is -2.13. The summed E-state index contributed by atoms with van der Waals surface area (Å²) in [6.07, 6.45) is 1.80. The number of benzene rings is 1. The van der Waals surface area contributed by atoms with Crippen LogP contribution in [-0.2, 0) is 0 Å². The van der Waals surface area contributed by atoms with Gasteiger partial charge in [-0.1, -0.05) is 42.1 Å². The molecule has 3 aromatic rings. The number of hydrogen-bond donors (Lipinski definition) is 1. The molecule has 0 atom stereocenters. The number of nitrogens with zero attached hydrogens (tertiary/aromatic N) is 4. The Morgan fingerprint density at radius 3 is 2.75 bits per heavy atom. The molecular formula is C20H19N5O2S. The Hall–Kier alpha value is -3.13. The van der Waals surface area contributed by atoms with Crippen LogP contribution >= 0.6 is 11.8 Å². The van der Waals surface area contributed by atoms with E-state index in [1.54, 1.807) is 17.5 Å². The Balaban J connectivity index is 1.58. The second kappa shape index (κ2) is 7.85. The molecule has 1 amide bonds. The number of amides is 1. The van der Waals surface area contributed by atoms with Gasteiger partial charge in [-0.15, -0.1) is 5.10 Å². The SMILES string of the molecule is CCOc1cccn2c(C(=O)NC3=NN=C(c4ccccc4)CS3)c(C)nc12. The number of carbonyl (C=O) groups excluding carboxylic acids is 1. The Kier molecular flexibility index (Phi) is 5.12. The maximum Gasteiger partial charge on any atom is 0.276 e. The van der Waals surface area contributed by atoms with Crippen molar-refractivity contribution in [3.63, 3.8) is 0 Å². The molecule has 1 aliphatic rings. The average molecular weight is 393 g/mol. The van der Waals surface area contributed by atoms with E-state index in [4.69, 9.17) is 4.74 Å². The summed E-state index contributed by atoms with van der Waals surface area (Å²) in [7, 11) is 0. The highest BCUT2D eigenvalue weighted by molar-refractivity contribution is 8.14. The van der Waals surface area contributed by atoms with E-state index in [0.29, 0.717) is 40.3 Å². The number of pyridine rings is 1. The minimum absolute atomic E-state index is 0.275. The van der Waals surface area contributed by atoms with Crippen LogP contribution in [0.1, 0.15) is 28.7 Å². The molecule has 3 heterocycles. The number of amidine groups is 1. The molecule has 2 aromatic heterocycles. The second-order valence-electron chi connectivity index (χ2n) is 6.11. The summed E-state index contributed by atoms with van der Waals surface area (Å²) in [5.74, 6) is 1.01. The van der Waals surface area contributed by atoms with E-state index in [1.807, 2.05) is 49.4 Å². The third-order valence-corrected chi connectivity index (χ3v) is 5.11. The highest BCUT2D eigenvalue weighted by Crippen LogP contribution is 2.22. The molecule has 0 radical (unpaired) electrons. The van der Waals surface area contributed by atoms with E-state index in [-0.39, 0.29) is 5.91 Å². The number of ether oxygens (including phenoxy) is 1. The van der Waals surface area contributed by atoms with Gasteiger partial charge in [0.25, 0.3) is 5.91 Å². The fourth-order valence-electron chi connectivity index (χ4n) is 2.99. The molecule has 0 bridgehead atoms. The minimum atomic E-state index is -0.275. The van der Waals surface area contributed by atoms with Crippen LogP contribution < -0.4 is 10.1 Å². The molecule has 1 aliphatic heterocycles. The van der Waals surface area contributed by atoms with Crippen molar-refractivity contribution in [2.45, 2.75) is 13.8 Å². The van der Waals surface area contributed by atoms with Gasteiger partial charge in [0.1, 0.15) is 5.69 Å². The van der Waals surface area contributed by atoms with Gasteiger partial charge in [0.05, 0.1) is 18.0 Å². The number of imidazole rings is 1. The predicted octanol–water partition coefficient (Wildman–Crippen LogP) is 3.28. The number of thioether (sulfide) groups is 1. The van der Waals surface area contributed by atoms with Crippen LogP contribution in [0.15, 0.2) is 58.9 Å². The lowest BCUT2D eigenvalue weighted by Crippen LogP contribution is -2.31. The van der Waals surface area contributed by atoms with E-state index in [9.17, 15) is 4.79 Å². The summed E-state index contributed by atoms with van der Waals surface area (Å²) >= 11 is 1.45. The second-order valence-corrected chi connectivity index (χ2v) is 7.07. The largest absolute Gasteiger partial charge is 0.490 e. The number of hydrogen-bond acceptors (Lipinski definition) is 6. The van der Waals surface area contributed by atoms with Crippen molar-refractivity contribution in [3.05, 3.63) is 65.6 Å². The highest BCUT2D eigenvalue weighted by atomic mass is 32.2. The van der Waals surface area contributed by atoms with E-state index in [2.05, 4.69) is 20.5 Å². The molecule has 7 nitrogen and oxygen atoms in total. The third kappa shape index (κ3) is 3.50. The summed E-state index contributed by atoms with van der Waals surface area (Å²) in [4.78, 5) is 17.4. The van der Waals surface area contributed by atoms with Crippen LogP contribution in [0.5, 0.6) is 5.75 Å². The first kappa shape index (κ1) is 18.2. The van der Waals surface area contributed by atoms with Crippen molar-refractivity contribution < 1.29 is 9.53 Å². The molecule has 0 unspecified atom stereocenters. The number of fused-ring (bicyclic) bond motifs is 1. The number of rotatable bonds is 4. The van der Waals surface area contributed by atoms with Gasteiger partial charge >= 0.3 is 0 Å². The smallest absolute Gasteiger partial charge is 0.276 e. The predicted molar refractivity (Wildman–Crippen MR) is 111 cm³/mol. The fraction of sp³-hybridized carbons (Fsp3) is 0.200. The third-order valence-electron chi connectivity index (χ3n) is 4.24. The number of nitrogens with one attached hydrogen (secondary N) is 1. The maximum absolute atomic E-state index is 12.9. The molecule has 1 aromatic carbocycles. The number of aryl methyl sites for hydroxylation is 1. The quantitative estimate of drug-likeness (QED) is 0.738. The van der Waals surface area contributed by atoms with Gasteiger partial charge in [-0.05, 0) is 31.5 Å². The van der Waals surface area contributed by atoms with Gasteiger partial charge in [0.2, 0.25) is 0 Å². The first-order valence-electron chi connectivity index (χ1n) is 8.92.